The Labute approximate surface area is 131 Å². The van der Waals surface area contributed by atoms with Crippen LogP contribution in [-0.2, 0) is 11.2 Å². The van der Waals surface area contributed by atoms with Crippen LogP contribution in [0.4, 0.5) is 4.79 Å². The molecule has 0 bridgehead atoms. The third-order valence-corrected chi connectivity index (χ3v) is 3.62. The molecule has 0 saturated heterocycles. The maximum Gasteiger partial charge on any atom is 0.411 e. The molecule has 1 atom stereocenters. The van der Waals surface area contributed by atoms with Crippen molar-refractivity contribution >= 4 is 17.7 Å². The molecule has 1 aliphatic heterocycles. The zero-order valence-corrected chi connectivity index (χ0v) is 13.8. The van der Waals surface area contributed by atoms with E-state index in [0.717, 1.165) is 17.0 Å². The third-order valence-electron chi connectivity index (χ3n) is 3.38. The summed E-state index contributed by atoms with van der Waals surface area (Å²) in [5.74, 6) is 0. The summed E-state index contributed by atoms with van der Waals surface area (Å²) in [5, 5.41) is 0.735. The molecule has 0 saturated carbocycles. The maximum atomic E-state index is 12.4. The Balaban J connectivity index is 2.32. The van der Waals surface area contributed by atoms with Gasteiger partial charge in [0.2, 0.25) is 0 Å². The van der Waals surface area contributed by atoms with Crippen LogP contribution in [0.1, 0.15) is 44.9 Å². The number of carbonyl (C=O) groups excluding carboxylic acids is 1. The maximum absolute atomic E-state index is 12.4. The minimum absolute atomic E-state index is 0.0918. The molecule has 1 amide bonds. The molecule has 2 rings (SSSR count). The number of halogens is 1. The largest absolute Gasteiger partial charge is 0.444 e. The summed E-state index contributed by atoms with van der Waals surface area (Å²) < 4.78 is 5.52. The number of rotatable bonds is 1. The van der Waals surface area contributed by atoms with Crippen LogP contribution in [0.5, 0.6) is 0 Å². The highest BCUT2D eigenvalue weighted by atomic mass is 35.5. The summed E-state index contributed by atoms with van der Waals surface area (Å²) in [5.41, 5.74) is 1.83. The minimum Gasteiger partial charge on any atom is -0.444 e. The third kappa shape index (κ3) is 3.79. The van der Waals surface area contributed by atoms with E-state index in [2.05, 4.69) is 0 Å². The number of allylic oxidation sites excluding steroid dienone is 1. The predicted molar refractivity (Wildman–Crippen MR) is 85.7 cm³/mol. The Bertz CT molecular complexity index is 560. The average molecular weight is 308 g/mol. The van der Waals surface area contributed by atoms with E-state index in [0.29, 0.717) is 6.54 Å². The van der Waals surface area contributed by atoms with Crippen LogP contribution in [0.2, 0.25) is 5.02 Å². The monoisotopic (exact) mass is 307 g/mol. The number of hydrogen-bond donors (Lipinski definition) is 0. The number of benzene rings is 1. The first-order valence-electron chi connectivity index (χ1n) is 7.22. The highest BCUT2D eigenvalue weighted by Gasteiger charge is 2.32. The molecule has 0 N–H and O–H groups in total. The van der Waals surface area contributed by atoms with E-state index in [4.69, 9.17) is 16.3 Å². The van der Waals surface area contributed by atoms with Gasteiger partial charge >= 0.3 is 6.09 Å². The van der Waals surface area contributed by atoms with Gasteiger partial charge in [0, 0.05) is 11.6 Å². The lowest BCUT2D eigenvalue weighted by Crippen LogP contribution is -2.42. The molecule has 0 spiro atoms. The molecule has 0 radical (unpaired) electrons. The standard InChI is InChI=1S/C17H22ClNO2/c1-5-6-15-14-8-7-13(18)11-12(14)9-10-19(15)16(20)21-17(2,3)4/h5-8,11,15H,9-10H2,1-4H3/b6-5+/t15-/m0/s1. The summed E-state index contributed by atoms with van der Waals surface area (Å²) in [6.45, 7) is 8.24. The van der Waals surface area contributed by atoms with E-state index in [9.17, 15) is 4.79 Å². The second-order valence-corrected chi connectivity index (χ2v) is 6.67. The van der Waals surface area contributed by atoms with Crippen LogP contribution in [0.3, 0.4) is 0 Å². The summed E-state index contributed by atoms with van der Waals surface area (Å²) in [6, 6.07) is 5.76. The van der Waals surface area contributed by atoms with Crippen molar-refractivity contribution in [2.75, 3.05) is 6.54 Å². The van der Waals surface area contributed by atoms with Crippen LogP contribution in [-0.4, -0.2) is 23.1 Å². The first kappa shape index (κ1) is 15.9. The fourth-order valence-corrected chi connectivity index (χ4v) is 2.74. The van der Waals surface area contributed by atoms with Gasteiger partial charge in [-0.05, 0) is 57.4 Å². The van der Waals surface area contributed by atoms with Gasteiger partial charge in [-0.25, -0.2) is 4.79 Å². The normalized spacial score (nSPS) is 18.7. The minimum atomic E-state index is -0.488. The van der Waals surface area contributed by atoms with Gasteiger partial charge < -0.3 is 4.74 Å². The lowest BCUT2D eigenvalue weighted by atomic mass is 9.92. The molecule has 0 fully saturated rings. The molecule has 21 heavy (non-hydrogen) atoms. The quantitative estimate of drug-likeness (QED) is 0.701. The van der Waals surface area contributed by atoms with Gasteiger partial charge in [-0.2, -0.15) is 0 Å². The molecular weight excluding hydrogens is 286 g/mol. The van der Waals surface area contributed by atoms with Crippen molar-refractivity contribution in [3.63, 3.8) is 0 Å². The van der Waals surface area contributed by atoms with Crippen molar-refractivity contribution in [2.24, 2.45) is 0 Å². The SMILES string of the molecule is C/C=C/[C@H]1c2ccc(Cl)cc2CCN1C(=O)OC(C)(C)C. The van der Waals surface area contributed by atoms with Gasteiger partial charge in [0.25, 0.3) is 0 Å². The molecule has 0 unspecified atom stereocenters. The predicted octanol–water partition coefficient (Wildman–Crippen LogP) is 4.75. The van der Waals surface area contributed by atoms with Gasteiger partial charge in [-0.15, -0.1) is 0 Å². The van der Waals surface area contributed by atoms with Crippen molar-refractivity contribution in [1.82, 2.24) is 4.90 Å². The Hall–Kier alpha value is -1.48. The summed E-state index contributed by atoms with van der Waals surface area (Å²) in [7, 11) is 0. The fraction of sp³-hybridized carbons (Fsp3) is 0.471. The van der Waals surface area contributed by atoms with Crippen LogP contribution < -0.4 is 0 Å². The molecule has 1 aromatic rings. The van der Waals surface area contributed by atoms with Crippen molar-refractivity contribution in [2.45, 2.75) is 45.8 Å². The van der Waals surface area contributed by atoms with Gasteiger partial charge in [-0.1, -0.05) is 29.8 Å². The Kier molecular flexibility index (Phi) is 4.62. The van der Waals surface area contributed by atoms with Gasteiger partial charge in [0.05, 0.1) is 6.04 Å². The summed E-state index contributed by atoms with van der Waals surface area (Å²) in [4.78, 5) is 14.2. The Morgan fingerprint density at radius 3 is 2.76 bits per heavy atom. The fourth-order valence-electron chi connectivity index (χ4n) is 2.54. The molecule has 114 valence electrons. The first-order chi connectivity index (χ1) is 9.81. The first-order valence-corrected chi connectivity index (χ1v) is 7.60. The lowest BCUT2D eigenvalue weighted by Gasteiger charge is -2.36. The second-order valence-electron chi connectivity index (χ2n) is 6.24. The van der Waals surface area contributed by atoms with Crippen LogP contribution in [0.15, 0.2) is 30.4 Å². The molecule has 0 aliphatic carbocycles. The Morgan fingerprint density at radius 1 is 1.43 bits per heavy atom. The topological polar surface area (TPSA) is 29.5 Å². The smallest absolute Gasteiger partial charge is 0.411 e. The van der Waals surface area contributed by atoms with E-state index in [1.165, 1.54) is 5.56 Å². The average Bonchev–Trinajstić information content (AvgIpc) is 2.36. The number of carbonyl (C=O) groups is 1. The van der Waals surface area contributed by atoms with Gasteiger partial charge in [-0.3, -0.25) is 4.90 Å². The van der Waals surface area contributed by atoms with Crippen LogP contribution >= 0.6 is 11.6 Å². The second kappa shape index (κ2) is 6.10. The van der Waals surface area contributed by atoms with E-state index < -0.39 is 5.60 Å². The number of fused-ring (bicyclic) bond motifs is 1. The summed E-state index contributed by atoms with van der Waals surface area (Å²) in [6.07, 6.45) is 4.51. The van der Waals surface area contributed by atoms with Crippen molar-refractivity contribution in [3.8, 4) is 0 Å². The number of ether oxygens (including phenoxy) is 1. The number of amides is 1. The number of nitrogens with zero attached hydrogens (tertiary/aromatic N) is 1. The highest BCUT2D eigenvalue weighted by molar-refractivity contribution is 6.30. The van der Waals surface area contributed by atoms with E-state index in [-0.39, 0.29) is 12.1 Å². The van der Waals surface area contributed by atoms with Gasteiger partial charge in [0.15, 0.2) is 0 Å². The van der Waals surface area contributed by atoms with Crippen molar-refractivity contribution in [3.05, 3.63) is 46.5 Å². The van der Waals surface area contributed by atoms with Crippen molar-refractivity contribution < 1.29 is 9.53 Å². The van der Waals surface area contributed by atoms with E-state index in [1.54, 1.807) is 4.90 Å². The van der Waals surface area contributed by atoms with Gasteiger partial charge in [0.1, 0.15) is 5.60 Å². The molecule has 3 nitrogen and oxygen atoms in total. The summed E-state index contributed by atoms with van der Waals surface area (Å²) >= 11 is 6.06. The Morgan fingerprint density at radius 2 is 2.14 bits per heavy atom. The van der Waals surface area contributed by atoms with E-state index in [1.807, 2.05) is 58.0 Å². The molecule has 1 aliphatic rings. The molecular formula is C17H22ClNO2. The van der Waals surface area contributed by atoms with Crippen molar-refractivity contribution in [1.29, 1.82) is 0 Å². The van der Waals surface area contributed by atoms with E-state index >= 15 is 0 Å². The van der Waals surface area contributed by atoms with Crippen LogP contribution in [0, 0.1) is 0 Å². The molecule has 0 aromatic heterocycles. The highest BCUT2D eigenvalue weighted by Crippen LogP contribution is 2.33. The number of hydrogen-bond acceptors (Lipinski definition) is 2. The van der Waals surface area contributed by atoms with Crippen LogP contribution in [0.25, 0.3) is 0 Å². The molecule has 4 heteroatoms. The molecule has 1 aromatic carbocycles. The zero-order valence-electron chi connectivity index (χ0n) is 13.0. The lowest BCUT2D eigenvalue weighted by molar-refractivity contribution is 0.0184. The molecule has 1 heterocycles. The zero-order chi connectivity index (χ0) is 15.6.